The molecule has 0 aromatic carbocycles. The molecular formula is C17H30N4O. The van der Waals surface area contributed by atoms with Crippen LogP contribution in [0.1, 0.15) is 44.3 Å². The minimum absolute atomic E-state index is 0.334. The fourth-order valence-electron chi connectivity index (χ4n) is 3.22. The molecule has 1 amide bonds. The van der Waals surface area contributed by atoms with Crippen molar-refractivity contribution in [2.75, 3.05) is 27.2 Å². The van der Waals surface area contributed by atoms with Gasteiger partial charge in [0.25, 0.3) is 0 Å². The second-order valence-electron chi connectivity index (χ2n) is 6.60. The molecule has 0 bridgehead atoms. The van der Waals surface area contributed by atoms with Crippen LogP contribution in [0, 0.1) is 6.92 Å². The van der Waals surface area contributed by atoms with Gasteiger partial charge in [0.2, 0.25) is 5.91 Å². The zero-order chi connectivity index (χ0) is 15.9. The highest BCUT2D eigenvalue weighted by atomic mass is 16.2. The maximum Gasteiger partial charge on any atom is 0.222 e. The molecule has 5 heteroatoms. The predicted molar refractivity (Wildman–Crippen MR) is 88.7 cm³/mol. The molecule has 1 fully saturated rings. The fraction of sp³-hybridized carbons (Fsp3) is 0.765. The van der Waals surface area contributed by atoms with Gasteiger partial charge in [0.05, 0.1) is 0 Å². The molecule has 1 saturated heterocycles. The average molecular weight is 306 g/mol. The number of aryl methyl sites for hydroxylation is 2. The number of carbonyl (C=O) groups is 1. The third-order valence-electron chi connectivity index (χ3n) is 4.57. The molecule has 0 radical (unpaired) electrons. The highest BCUT2D eigenvalue weighted by molar-refractivity contribution is 5.76. The summed E-state index contributed by atoms with van der Waals surface area (Å²) in [5.41, 5.74) is 0. The van der Waals surface area contributed by atoms with Gasteiger partial charge >= 0.3 is 0 Å². The summed E-state index contributed by atoms with van der Waals surface area (Å²) in [6.07, 6.45) is 10.0. The van der Waals surface area contributed by atoms with Crippen molar-refractivity contribution in [3.8, 4) is 0 Å². The standard InChI is InChI=1S/C17H30N4O/c1-15-18-10-14-20(15)11-6-8-17(22)21-12-5-4-7-16(21)9-13-19(2)3/h10,14,16H,4-9,11-13H2,1-3H3/t16-/m0/s1. The Morgan fingerprint density at radius 2 is 2.23 bits per heavy atom. The molecule has 2 rings (SSSR count). The van der Waals surface area contributed by atoms with Gasteiger partial charge in [0.15, 0.2) is 0 Å². The summed E-state index contributed by atoms with van der Waals surface area (Å²) in [7, 11) is 4.20. The molecule has 124 valence electrons. The first kappa shape index (κ1) is 17.0. The first-order valence-corrected chi connectivity index (χ1v) is 8.50. The highest BCUT2D eigenvalue weighted by Gasteiger charge is 2.25. The Morgan fingerprint density at radius 3 is 2.91 bits per heavy atom. The number of imidazole rings is 1. The van der Waals surface area contributed by atoms with Crippen molar-refractivity contribution in [1.82, 2.24) is 19.4 Å². The van der Waals surface area contributed by atoms with Gasteiger partial charge in [-0.25, -0.2) is 4.98 Å². The molecule has 1 aliphatic rings. The molecule has 1 aromatic heterocycles. The monoisotopic (exact) mass is 306 g/mol. The maximum absolute atomic E-state index is 12.6. The van der Waals surface area contributed by atoms with Crippen molar-refractivity contribution in [3.05, 3.63) is 18.2 Å². The summed E-state index contributed by atoms with van der Waals surface area (Å²) in [5.74, 6) is 1.36. The second kappa shape index (κ2) is 8.32. The van der Waals surface area contributed by atoms with Crippen LogP contribution in [0.15, 0.2) is 12.4 Å². The van der Waals surface area contributed by atoms with Gasteiger partial charge in [-0.05, 0) is 59.7 Å². The Labute approximate surface area is 134 Å². The fourth-order valence-corrected chi connectivity index (χ4v) is 3.22. The van der Waals surface area contributed by atoms with E-state index in [0.29, 0.717) is 18.4 Å². The van der Waals surface area contributed by atoms with E-state index in [4.69, 9.17) is 0 Å². The van der Waals surface area contributed by atoms with E-state index in [9.17, 15) is 4.79 Å². The minimum atomic E-state index is 0.334. The molecule has 0 unspecified atom stereocenters. The van der Waals surface area contributed by atoms with Gasteiger partial charge in [-0.15, -0.1) is 0 Å². The maximum atomic E-state index is 12.6. The number of rotatable bonds is 7. The number of hydrogen-bond donors (Lipinski definition) is 0. The highest BCUT2D eigenvalue weighted by Crippen LogP contribution is 2.21. The summed E-state index contributed by atoms with van der Waals surface area (Å²) in [5, 5.41) is 0. The number of amides is 1. The first-order valence-electron chi connectivity index (χ1n) is 8.50. The van der Waals surface area contributed by atoms with Gasteiger partial charge in [-0.3, -0.25) is 4.79 Å². The van der Waals surface area contributed by atoms with Crippen LogP contribution in [-0.2, 0) is 11.3 Å². The lowest BCUT2D eigenvalue weighted by atomic mass is 9.98. The van der Waals surface area contributed by atoms with E-state index in [0.717, 1.165) is 44.7 Å². The number of piperidine rings is 1. The van der Waals surface area contributed by atoms with Crippen molar-refractivity contribution in [1.29, 1.82) is 0 Å². The van der Waals surface area contributed by atoms with E-state index < -0.39 is 0 Å². The molecule has 0 spiro atoms. The van der Waals surface area contributed by atoms with Crippen LogP contribution in [0.4, 0.5) is 0 Å². The number of likely N-dealkylation sites (tertiary alicyclic amines) is 1. The molecule has 5 nitrogen and oxygen atoms in total. The lowest BCUT2D eigenvalue weighted by Gasteiger charge is -2.36. The van der Waals surface area contributed by atoms with E-state index >= 15 is 0 Å². The Hall–Kier alpha value is -1.36. The van der Waals surface area contributed by atoms with E-state index in [1.54, 1.807) is 0 Å². The number of hydrogen-bond acceptors (Lipinski definition) is 3. The molecule has 0 saturated carbocycles. The van der Waals surface area contributed by atoms with Crippen molar-refractivity contribution >= 4 is 5.91 Å². The number of nitrogens with zero attached hydrogens (tertiary/aromatic N) is 4. The number of carbonyl (C=O) groups excluding carboxylic acids is 1. The van der Waals surface area contributed by atoms with Gasteiger partial charge in [-0.2, -0.15) is 0 Å². The molecular weight excluding hydrogens is 276 g/mol. The normalized spacial score (nSPS) is 18.9. The van der Waals surface area contributed by atoms with E-state index in [1.165, 1.54) is 12.8 Å². The molecule has 0 N–H and O–H groups in total. The zero-order valence-corrected chi connectivity index (χ0v) is 14.3. The number of aromatic nitrogens is 2. The lowest BCUT2D eigenvalue weighted by Crippen LogP contribution is -2.44. The Bertz CT molecular complexity index is 469. The van der Waals surface area contributed by atoms with Gasteiger partial charge in [0, 0.05) is 37.9 Å². The molecule has 1 atom stereocenters. The second-order valence-corrected chi connectivity index (χ2v) is 6.60. The average Bonchev–Trinajstić information content (AvgIpc) is 2.90. The molecule has 0 aliphatic carbocycles. The zero-order valence-electron chi connectivity index (χ0n) is 14.3. The molecule has 22 heavy (non-hydrogen) atoms. The molecule has 1 aliphatic heterocycles. The molecule has 2 heterocycles. The summed E-state index contributed by atoms with van der Waals surface area (Å²) in [6, 6.07) is 0.443. The minimum Gasteiger partial charge on any atom is -0.340 e. The first-order chi connectivity index (χ1) is 10.6. The Balaban J connectivity index is 1.79. The van der Waals surface area contributed by atoms with Crippen molar-refractivity contribution in [2.24, 2.45) is 0 Å². The molecule has 1 aromatic rings. The van der Waals surface area contributed by atoms with Gasteiger partial charge in [0.1, 0.15) is 5.82 Å². The van der Waals surface area contributed by atoms with Crippen molar-refractivity contribution < 1.29 is 4.79 Å². The van der Waals surface area contributed by atoms with Gasteiger partial charge < -0.3 is 14.4 Å². The third-order valence-corrected chi connectivity index (χ3v) is 4.57. The largest absolute Gasteiger partial charge is 0.340 e. The van der Waals surface area contributed by atoms with Crippen LogP contribution in [0.3, 0.4) is 0 Å². The SMILES string of the molecule is Cc1nccn1CCCC(=O)N1CCCC[C@H]1CCN(C)C. The summed E-state index contributed by atoms with van der Waals surface area (Å²) in [6.45, 7) is 4.89. The van der Waals surface area contributed by atoms with Crippen LogP contribution in [-0.4, -0.2) is 58.5 Å². The van der Waals surface area contributed by atoms with Crippen LogP contribution < -0.4 is 0 Å². The third kappa shape index (κ3) is 4.83. The van der Waals surface area contributed by atoms with Crippen LogP contribution >= 0.6 is 0 Å². The summed E-state index contributed by atoms with van der Waals surface area (Å²) >= 11 is 0. The summed E-state index contributed by atoms with van der Waals surface area (Å²) < 4.78 is 2.12. The van der Waals surface area contributed by atoms with Gasteiger partial charge in [-0.1, -0.05) is 0 Å². The quantitative estimate of drug-likeness (QED) is 0.776. The summed E-state index contributed by atoms with van der Waals surface area (Å²) in [4.78, 5) is 21.1. The Kier molecular flexibility index (Phi) is 6.43. The van der Waals surface area contributed by atoms with Crippen LogP contribution in [0.5, 0.6) is 0 Å². The smallest absolute Gasteiger partial charge is 0.222 e. The van der Waals surface area contributed by atoms with Crippen molar-refractivity contribution in [3.63, 3.8) is 0 Å². The topological polar surface area (TPSA) is 41.4 Å². The van der Waals surface area contributed by atoms with Crippen LogP contribution in [0.2, 0.25) is 0 Å². The predicted octanol–water partition coefficient (Wildman–Crippen LogP) is 2.30. The lowest BCUT2D eigenvalue weighted by molar-refractivity contribution is -0.135. The van der Waals surface area contributed by atoms with Crippen molar-refractivity contribution in [2.45, 2.75) is 58.0 Å². The van der Waals surface area contributed by atoms with E-state index in [1.807, 2.05) is 19.3 Å². The van der Waals surface area contributed by atoms with Crippen LogP contribution in [0.25, 0.3) is 0 Å². The van der Waals surface area contributed by atoms with E-state index in [2.05, 4.69) is 33.4 Å². The Morgan fingerprint density at radius 1 is 1.41 bits per heavy atom. The van der Waals surface area contributed by atoms with E-state index in [-0.39, 0.29) is 0 Å².